The highest BCUT2D eigenvalue weighted by Crippen LogP contribution is 2.74. The number of nitriles is 1. The summed E-state index contributed by atoms with van der Waals surface area (Å²) in [5, 5.41) is 9.91. The van der Waals surface area contributed by atoms with Gasteiger partial charge in [0.25, 0.3) is 0 Å². The van der Waals surface area contributed by atoms with E-state index in [1.165, 1.54) is 0 Å². The Labute approximate surface area is 234 Å². The monoisotopic (exact) mass is 530 g/mol. The minimum atomic E-state index is -0.643. The number of carbonyl (C=O) groups excluding carboxylic acids is 3. The van der Waals surface area contributed by atoms with Gasteiger partial charge in [-0.25, -0.2) is 0 Å². The van der Waals surface area contributed by atoms with Crippen LogP contribution in [0.3, 0.4) is 0 Å². The molecule has 8 atom stereocenters. The van der Waals surface area contributed by atoms with Gasteiger partial charge in [0.05, 0.1) is 5.57 Å². The predicted octanol–water partition coefficient (Wildman–Crippen LogP) is 6.58. The maximum atomic E-state index is 14.5. The number of carbonyl (C=O) groups is 3. The molecule has 0 spiro atoms. The van der Waals surface area contributed by atoms with Gasteiger partial charge in [-0.15, -0.1) is 0 Å². The van der Waals surface area contributed by atoms with Crippen molar-refractivity contribution in [2.45, 2.75) is 112 Å². The van der Waals surface area contributed by atoms with Crippen LogP contribution in [0.25, 0.3) is 0 Å². The number of hydrogen-bond donors (Lipinski definition) is 0. The van der Waals surface area contributed by atoms with Crippen LogP contribution in [-0.2, 0) is 14.4 Å². The highest BCUT2D eigenvalue weighted by atomic mass is 16.2. The molecule has 0 aromatic heterocycles. The fraction of sp³-hybridized carbons (Fsp3) is 0.765. The molecule has 3 saturated carbocycles. The molecule has 1 unspecified atom stereocenters. The third-order valence-corrected chi connectivity index (χ3v) is 13.8. The van der Waals surface area contributed by atoms with Crippen molar-refractivity contribution in [2.24, 2.45) is 44.8 Å². The maximum absolute atomic E-state index is 14.5. The summed E-state index contributed by atoms with van der Waals surface area (Å²) in [6, 6.07) is 2.20. The fourth-order valence-corrected chi connectivity index (χ4v) is 11.2. The van der Waals surface area contributed by atoms with Crippen LogP contribution in [0.5, 0.6) is 0 Å². The molecule has 0 aromatic rings. The van der Waals surface area contributed by atoms with Crippen LogP contribution in [0.15, 0.2) is 23.3 Å². The summed E-state index contributed by atoms with van der Waals surface area (Å²) in [6.07, 6.45) is 12.5. The van der Waals surface area contributed by atoms with Crippen molar-refractivity contribution in [3.8, 4) is 6.07 Å². The normalized spacial score (nSPS) is 48.7. The van der Waals surface area contributed by atoms with Gasteiger partial charge in [0.2, 0.25) is 5.91 Å². The van der Waals surface area contributed by atoms with E-state index in [1.54, 1.807) is 0 Å². The van der Waals surface area contributed by atoms with E-state index in [0.717, 1.165) is 63.5 Å². The quantitative estimate of drug-likeness (QED) is 0.384. The van der Waals surface area contributed by atoms with Gasteiger partial charge in [-0.2, -0.15) is 5.26 Å². The second-order valence-corrected chi connectivity index (χ2v) is 15.9. The first-order valence-corrected chi connectivity index (χ1v) is 15.3. The number of likely N-dealkylation sites (tertiary alicyclic amines) is 1. The number of Topliss-reactive ketones (excluding diaryl/α,β-unsaturated/α-hetero) is 1. The molecule has 5 nitrogen and oxygen atoms in total. The minimum Gasteiger partial charge on any atom is -0.337 e. The van der Waals surface area contributed by atoms with Crippen molar-refractivity contribution in [3.63, 3.8) is 0 Å². The largest absolute Gasteiger partial charge is 0.337 e. The standard InChI is InChI=1S/C34H46N2O3/c1-29(2)24-10-11-33(6)25(32(24,5)18-21(20-35)28(29)39)17-23(37)27-22-19-31(4,36-16-8-9-26(36)38)14-12-30(22,3)13-15-34(27,33)7/h17-18,22,24,27H,8-16,19H2,1-7H3/t22-,24?,27-,30+,31-,32-,33+,34+/m0/s1. The number of rotatable bonds is 1. The summed E-state index contributed by atoms with van der Waals surface area (Å²) in [5.41, 5.74) is -0.201. The van der Waals surface area contributed by atoms with E-state index in [4.69, 9.17) is 0 Å². The molecule has 6 rings (SSSR count). The Morgan fingerprint density at radius 1 is 0.949 bits per heavy atom. The zero-order chi connectivity index (χ0) is 28.4. The summed E-state index contributed by atoms with van der Waals surface area (Å²) in [7, 11) is 0. The summed E-state index contributed by atoms with van der Waals surface area (Å²) in [5.74, 6) is 0.695. The van der Waals surface area contributed by atoms with Crippen LogP contribution in [0, 0.1) is 56.2 Å². The first-order valence-electron chi connectivity index (χ1n) is 15.3. The smallest absolute Gasteiger partial charge is 0.223 e. The first kappa shape index (κ1) is 27.0. The molecule has 5 heteroatoms. The Morgan fingerprint density at radius 3 is 2.28 bits per heavy atom. The van der Waals surface area contributed by atoms with E-state index < -0.39 is 10.8 Å². The topological polar surface area (TPSA) is 78.2 Å². The maximum Gasteiger partial charge on any atom is 0.223 e. The zero-order valence-corrected chi connectivity index (χ0v) is 25.1. The number of nitrogens with zero attached hydrogens (tertiary/aromatic N) is 2. The molecule has 0 aromatic carbocycles. The van der Waals surface area contributed by atoms with E-state index >= 15 is 0 Å². The van der Waals surface area contributed by atoms with Crippen molar-refractivity contribution in [2.75, 3.05) is 6.54 Å². The van der Waals surface area contributed by atoms with Gasteiger partial charge < -0.3 is 4.90 Å². The Bertz CT molecular complexity index is 1290. The summed E-state index contributed by atoms with van der Waals surface area (Å²) < 4.78 is 0. The van der Waals surface area contributed by atoms with Gasteiger partial charge in [-0.05, 0) is 92.4 Å². The lowest BCUT2D eigenvalue weighted by Gasteiger charge is -2.69. The Morgan fingerprint density at radius 2 is 1.64 bits per heavy atom. The molecular weight excluding hydrogens is 484 g/mol. The van der Waals surface area contributed by atoms with Gasteiger partial charge in [0.1, 0.15) is 6.07 Å². The van der Waals surface area contributed by atoms with Crippen LogP contribution in [0.2, 0.25) is 0 Å². The fourth-order valence-electron chi connectivity index (χ4n) is 11.2. The second kappa shape index (κ2) is 7.95. The lowest BCUT2D eigenvalue weighted by Crippen LogP contribution is -2.66. The van der Waals surface area contributed by atoms with Crippen LogP contribution in [0.4, 0.5) is 0 Å². The van der Waals surface area contributed by atoms with Gasteiger partial charge in [-0.1, -0.05) is 53.2 Å². The summed E-state index contributed by atoms with van der Waals surface area (Å²) >= 11 is 0. The Hall–Kier alpha value is -2.22. The van der Waals surface area contributed by atoms with Crippen molar-refractivity contribution in [1.82, 2.24) is 4.90 Å². The lowest BCUT2D eigenvalue weighted by atomic mass is 9.34. The van der Waals surface area contributed by atoms with E-state index in [2.05, 4.69) is 45.6 Å². The summed E-state index contributed by atoms with van der Waals surface area (Å²) in [4.78, 5) is 42.8. The molecule has 1 amide bonds. The van der Waals surface area contributed by atoms with Crippen LogP contribution in [0.1, 0.15) is 106 Å². The third-order valence-electron chi connectivity index (χ3n) is 13.8. The van der Waals surface area contributed by atoms with Crippen LogP contribution < -0.4 is 0 Å². The molecule has 1 heterocycles. The number of amides is 1. The summed E-state index contributed by atoms with van der Waals surface area (Å²) in [6.45, 7) is 16.5. The lowest BCUT2D eigenvalue weighted by molar-refractivity contribution is -0.172. The average molecular weight is 531 g/mol. The van der Waals surface area contributed by atoms with Crippen molar-refractivity contribution in [3.05, 3.63) is 23.3 Å². The molecule has 1 saturated heterocycles. The molecule has 210 valence electrons. The molecule has 0 radical (unpaired) electrons. The molecule has 5 aliphatic carbocycles. The SMILES string of the molecule is CC1(C)C(=O)C(C#N)=C[C@]2(C)C3=CC(=O)[C@@H]4[C@@H]5C[C@@](C)(N6CCCC6=O)CC[C@]5(C)CC[C@@]4(C)[C@]3(C)CCC12. The van der Waals surface area contributed by atoms with Crippen molar-refractivity contribution >= 4 is 17.5 Å². The average Bonchev–Trinajstić information content (AvgIpc) is 3.31. The molecule has 1 aliphatic heterocycles. The number of allylic oxidation sites excluding steroid dienone is 4. The van der Waals surface area contributed by atoms with Gasteiger partial charge in [0, 0.05) is 35.3 Å². The highest BCUT2D eigenvalue weighted by Gasteiger charge is 2.69. The number of fused-ring (bicyclic) bond motifs is 7. The molecule has 0 bridgehead atoms. The van der Waals surface area contributed by atoms with Gasteiger partial charge in [-0.3, -0.25) is 14.4 Å². The van der Waals surface area contributed by atoms with E-state index in [1.807, 2.05) is 26.0 Å². The Kier molecular flexibility index (Phi) is 5.50. The van der Waals surface area contributed by atoms with Crippen molar-refractivity contribution < 1.29 is 14.4 Å². The van der Waals surface area contributed by atoms with E-state index in [9.17, 15) is 19.6 Å². The molecule has 6 aliphatic rings. The van der Waals surface area contributed by atoms with E-state index in [-0.39, 0.29) is 62.6 Å². The van der Waals surface area contributed by atoms with Crippen LogP contribution in [-0.4, -0.2) is 34.5 Å². The predicted molar refractivity (Wildman–Crippen MR) is 150 cm³/mol. The molecular formula is C34H46N2O3. The third kappa shape index (κ3) is 3.21. The van der Waals surface area contributed by atoms with E-state index in [0.29, 0.717) is 6.42 Å². The van der Waals surface area contributed by atoms with Crippen molar-refractivity contribution in [1.29, 1.82) is 5.26 Å². The first-order chi connectivity index (χ1) is 18.1. The number of ketones is 2. The highest BCUT2D eigenvalue weighted by molar-refractivity contribution is 6.04. The van der Waals surface area contributed by atoms with Crippen LogP contribution >= 0.6 is 0 Å². The minimum absolute atomic E-state index is 0.0608. The Balaban J connectivity index is 1.47. The number of hydrogen-bond acceptors (Lipinski definition) is 4. The van der Waals surface area contributed by atoms with Gasteiger partial charge >= 0.3 is 0 Å². The van der Waals surface area contributed by atoms with Gasteiger partial charge in [0.15, 0.2) is 11.6 Å². The zero-order valence-electron chi connectivity index (χ0n) is 25.1. The molecule has 39 heavy (non-hydrogen) atoms. The molecule has 0 N–H and O–H groups in total. The second-order valence-electron chi connectivity index (χ2n) is 15.9. The molecule has 4 fully saturated rings.